The molecule has 0 atom stereocenters. The van der Waals surface area contributed by atoms with E-state index in [-0.39, 0.29) is 17.7 Å². The van der Waals surface area contributed by atoms with Crippen molar-refractivity contribution in [3.8, 4) is 22.9 Å². The Kier molecular flexibility index (Phi) is 4.73. The maximum absolute atomic E-state index is 12.9. The van der Waals surface area contributed by atoms with Crippen LogP contribution in [0.25, 0.3) is 11.1 Å². The summed E-state index contributed by atoms with van der Waals surface area (Å²) in [6, 6.07) is 4.63. The van der Waals surface area contributed by atoms with Crippen molar-refractivity contribution in [1.82, 2.24) is 9.97 Å². The van der Waals surface area contributed by atoms with Crippen LogP contribution in [0.4, 0.5) is 8.78 Å². The number of hydrogen-bond donors (Lipinski definition) is 0. The molecule has 5 nitrogen and oxygen atoms in total. The van der Waals surface area contributed by atoms with Crippen LogP contribution in [0.2, 0.25) is 0 Å². The van der Waals surface area contributed by atoms with E-state index in [0.29, 0.717) is 23.1 Å². The number of halogens is 2. The maximum atomic E-state index is 12.9. The molecule has 7 heteroatoms. The molecule has 0 saturated carbocycles. The summed E-state index contributed by atoms with van der Waals surface area (Å²) in [4.78, 5) is 18.8. The number of alkyl halides is 2. The number of nitriles is 1. The van der Waals surface area contributed by atoms with E-state index in [1.807, 2.05) is 6.07 Å². The largest absolute Gasteiger partial charge is 0.494 e. The smallest absolute Gasteiger partial charge is 0.280 e. The van der Waals surface area contributed by atoms with Gasteiger partial charge in [-0.3, -0.25) is 14.8 Å². The molecule has 2 heterocycles. The van der Waals surface area contributed by atoms with Gasteiger partial charge in [-0.05, 0) is 17.7 Å². The van der Waals surface area contributed by atoms with Gasteiger partial charge >= 0.3 is 0 Å². The van der Waals surface area contributed by atoms with Crippen molar-refractivity contribution in [1.29, 1.82) is 5.26 Å². The fourth-order valence-corrected chi connectivity index (χ4v) is 1.97. The van der Waals surface area contributed by atoms with E-state index >= 15 is 0 Å². The molecule has 0 aromatic carbocycles. The lowest BCUT2D eigenvalue weighted by Crippen LogP contribution is -1.99. The average Bonchev–Trinajstić information content (AvgIpc) is 2.54. The zero-order chi connectivity index (χ0) is 16.1. The molecular formula is C15H11F2N3O2. The molecule has 0 spiro atoms. The third-order valence-corrected chi connectivity index (χ3v) is 3.00. The van der Waals surface area contributed by atoms with E-state index in [1.54, 1.807) is 0 Å². The number of aldehydes is 1. The third kappa shape index (κ3) is 3.06. The van der Waals surface area contributed by atoms with Crippen LogP contribution in [0.5, 0.6) is 5.75 Å². The van der Waals surface area contributed by atoms with Crippen LogP contribution in [0.3, 0.4) is 0 Å². The lowest BCUT2D eigenvalue weighted by atomic mass is 10.00. The molecule has 0 N–H and O–H groups in total. The quantitative estimate of drug-likeness (QED) is 0.794. The van der Waals surface area contributed by atoms with E-state index in [9.17, 15) is 13.6 Å². The minimum absolute atomic E-state index is 0.0429. The predicted molar refractivity (Wildman–Crippen MR) is 73.7 cm³/mol. The van der Waals surface area contributed by atoms with Crippen molar-refractivity contribution in [2.75, 3.05) is 7.11 Å². The zero-order valence-electron chi connectivity index (χ0n) is 11.6. The van der Waals surface area contributed by atoms with Crippen LogP contribution in [0.1, 0.15) is 28.2 Å². The predicted octanol–water partition coefficient (Wildman–Crippen LogP) is 2.97. The lowest BCUT2D eigenvalue weighted by Gasteiger charge is -2.12. The topological polar surface area (TPSA) is 75.9 Å². The monoisotopic (exact) mass is 303 g/mol. The summed E-state index contributed by atoms with van der Waals surface area (Å²) in [7, 11) is 1.38. The van der Waals surface area contributed by atoms with Crippen LogP contribution >= 0.6 is 0 Å². The Balaban J connectivity index is 2.68. The first-order chi connectivity index (χ1) is 10.6. The number of carbonyl (C=O) groups excluding carboxylic acids is 1. The van der Waals surface area contributed by atoms with Gasteiger partial charge < -0.3 is 4.74 Å². The van der Waals surface area contributed by atoms with Gasteiger partial charge in [0.15, 0.2) is 6.29 Å². The fraction of sp³-hybridized carbons (Fsp3) is 0.200. The number of hydrogen-bond acceptors (Lipinski definition) is 5. The minimum atomic E-state index is -2.75. The van der Waals surface area contributed by atoms with E-state index in [0.717, 1.165) is 0 Å². The first kappa shape index (κ1) is 15.5. The highest BCUT2D eigenvalue weighted by Gasteiger charge is 2.17. The molecule has 0 bridgehead atoms. The van der Waals surface area contributed by atoms with Crippen molar-refractivity contribution in [2.45, 2.75) is 12.8 Å². The standard InChI is InChI=1S/C15H11F2N3O2/c1-22-14-7-20-13(15(16)17)5-12(14)11-4-10(2-3-18)19-6-9(11)8-21/h4-8,15H,2H2,1H3. The van der Waals surface area contributed by atoms with Crippen molar-refractivity contribution < 1.29 is 18.3 Å². The minimum Gasteiger partial charge on any atom is -0.494 e. The normalized spacial score (nSPS) is 10.3. The van der Waals surface area contributed by atoms with Gasteiger partial charge in [0.2, 0.25) is 0 Å². The zero-order valence-corrected chi connectivity index (χ0v) is 11.6. The van der Waals surface area contributed by atoms with Crippen LogP contribution in [0.15, 0.2) is 24.5 Å². The molecule has 0 aliphatic carbocycles. The van der Waals surface area contributed by atoms with Crippen LogP contribution in [-0.2, 0) is 6.42 Å². The molecule has 0 saturated heterocycles. The van der Waals surface area contributed by atoms with E-state index < -0.39 is 12.1 Å². The van der Waals surface area contributed by atoms with Crippen LogP contribution < -0.4 is 4.74 Å². The highest BCUT2D eigenvalue weighted by Crippen LogP contribution is 2.34. The van der Waals surface area contributed by atoms with Gasteiger partial charge in [-0.2, -0.15) is 5.26 Å². The Labute approximate surface area is 125 Å². The van der Waals surface area contributed by atoms with Gasteiger partial charge in [0.05, 0.1) is 31.5 Å². The Morgan fingerprint density at radius 1 is 1.32 bits per heavy atom. The summed E-state index contributed by atoms with van der Waals surface area (Å²) in [6.45, 7) is 0. The summed E-state index contributed by atoms with van der Waals surface area (Å²) in [5, 5.41) is 8.73. The first-order valence-corrected chi connectivity index (χ1v) is 6.24. The highest BCUT2D eigenvalue weighted by molar-refractivity contribution is 5.89. The highest BCUT2D eigenvalue weighted by atomic mass is 19.3. The van der Waals surface area contributed by atoms with Crippen LogP contribution in [0, 0.1) is 11.3 Å². The number of pyridine rings is 2. The number of ether oxygens (including phenoxy) is 1. The van der Waals surface area contributed by atoms with Crippen molar-refractivity contribution in [2.24, 2.45) is 0 Å². The molecule has 2 aromatic rings. The fourth-order valence-electron chi connectivity index (χ4n) is 1.97. The number of methoxy groups -OCH3 is 1. The molecule has 0 radical (unpaired) electrons. The second-order valence-corrected chi connectivity index (χ2v) is 4.33. The van der Waals surface area contributed by atoms with E-state index in [2.05, 4.69) is 9.97 Å². The van der Waals surface area contributed by atoms with E-state index in [4.69, 9.17) is 10.00 Å². The Morgan fingerprint density at radius 2 is 2.09 bits per heavy atom. The molecule has 0 unspecified atom stereocenters. The van der Waals surface area contributed by atoms with Gasteiger partial charge in [-0.15, -0.1) is 0 Å². The molecule has 2 aromatic heterocycles. The molecule has 22 heavy (non-hydrogen) atoms. The van der Waals surface area contributed by atoms with Gasteiger partial charge in [0.25, 0.3) is 6.43 Å². The molecule has 0 aliphatic heterocycles. The summed E-state index contributed by atoms with van der Waals surface area (Å²) < 4.78 is 30.8. The number of rotatable bonds is 5. The summed E-state index contributed by atoms with van der Waals surface area (Å²) in [5.74, 6) is 0.251. The molecule has 112 valence electrons. The summed E-state index contributed by atoms with van der Waals surface area (Å²) >= 11 is 0. The summed E-state index contributed by atoms with van der Waals surface area (Å²) in [6.07, 6.45) is 0.346. The number of carbonyl (C=O) groups is 1. The Morgan fingerprint density at radius 3 is 2.68 bits per heavy atom. The first-order valence-electron chi connectivity index (χ1n) is 6.24. The van der Waals surface area contributed by atoms with Crippen LogP contribution in [-0.4, -0.2) is 23.4 Å². The average molecular weight is 303 g/mol. The Bertz CT molecular complexity index is 742. The van der Waals surface area contributed by atoms with E-state index in [1.165, 1.54) is 31.6 Å². The molecule has 2 rings (SSSR count). The van der Waals surface area contributed by atoms with Gasteiger partial charge in [-0.25, -0.2) is 8.78 Å². The number of aromatic nitrogens is 2. The molecule has 0 fully saturated rings. The van der Waals surface area contributed by atoms with Crippen molar-refractivity contribution in [3.05, 3.63) is 41.5 Å². The molecule has 0 amide bonds. The summed E-state index contributed by atoms with van der Waals surface area (Å²) in [5.41, 5.74) is 0.895. The van der Waals surface area contributed by atoms with Gasteiger partial charge in [0, 0.05) is 17.3 Å². The van der Waals surface area contributed by atoms with Gasteiger partial charge in [0.1, 0.15) is 11.4 Å². The molecule has 0 aliphatic rings. The lowest BCUT2D eigenvalue weighted by molar-refractivity contribution is 0.112. The van der Waals surface area contributed by atoms with Crippen molar-refractivity contribution >= 4 is 6.29 Å². The third-order valence-electron chi connectivity index (χ3n) is 3.00. The maximum Gasteiger partial charge on any atom is 0.280 e. The second-order valence-electron chi connectivity index (χ2n) is 4.33. The second kappa shape index (κ2) is 6.72. The Hall–Kier alpha value is -2.88. The SMILES string of the molecule is COc1cnc(C(F)F)cc1-c1cc(CC#N)ncc1C=O. The van der Waals surface area contributed by atoms with Gasteiger partial charge in [-0.1, -0.05) is 0 Å². The number of nitrogens with zero attached hydrogens (tertiary/aromatic N) is 3. The molecular weight excluding hydrogens is 292 g/mol. The van der Waals surface area contributed by atoms with Crippen molar-refractivity contribution in [3.63, 3.8) is 0 Å².